The van der Waals surface area contributed by atoms with Gasteiger partial charge in [-0.3, -0.25) is 9.59 Å². The molecule has 0 saturated carbocycles. The van der Waals surface area contributed by atoms with Crippen LogP contribution in [0.15, 0.2) is 72.4 Å². The topological polar surface area (TPSA) is 67.9 Å². The second-order valence-electron chi connectivity index (χ2n) is 7.43. The number of methoxy groups -OCH3 is 1. The van der Waals surface area contributed by atoms with Crippen LogP contribution in [0.2, 0.25) is 5.02 Å². The van der Waals surface area contributed by atoms with Crippen LogP contribution in [0.5, 0.6) is 11.5 Å². The minimum atomic E-state index is -0.512. The smallest absolute Gasteiger partial charge is 0.282 e. The molecule has 33 heavy (non-hydrogen) atoms. The average molecular weight is 463 g/mol. The van der Waals surface area contributed by atoms with E-state index in [0.29, 0.717) is 34.4 Å². The van der Waals surface area contributed by atoms with Crippen LogP contribution in [0.4, 0.5) is 11.4 Å². The van der Waals surface area contributed by atoms with Crippen molar-refractivity contribution in [3.05, 3.63) is 88.6 Å². The fourth-order valence-corrected chi connectivity index (χ4v) is 3.84. The fraction of sp³-hybridized carbons (Fsp3) is 0.154. The first-order chi connectivity index (χ1) is 15.9. The van der Waals surface area contributed by atoms with E-state index in [9.17, 15) is 9.59 Å². The number of nitrogens with one attached hydrogen (secondary N) is 1. The maximum atomic E-state index is 13.7. The van der Waals surface area contributed by atoms with E-state index in [-0.39, 0.29) is 17.0 Å². The number of halogens is 1. The third-order valence-corrected chi connectivity index (χ3v) is 5.49. The molecule has 1 heterocycles. The van der Waals surface area contributed by atoms with Crippen LogP contribution < -0.4 is 19.7 Å². The predicted molar refractivity (Wildman–Crippen MR) is 130 cm³/mol. The molecule has 6 nitrogen and oxygen atoms in total. The molecular weight excluding hydrogens is 440 g/mol. The van der Waals surface area contributed by atoms with Crippen LogP contribution in [0.1, 0.15) is 18.1 Å². The number of rotatable bonds is 7. The van der Waals surface area contributed by atoms with Crippen molar-refractivity contribution >= 4 is 40.4 Å². The molecule has 0 fully saturated rings. The molecule has 3 aromatic carbocycles. The van der Waals surface area contributed by atoms with Crippen molar-refractivity contribution in [3.63, 3.8) is 0 Å². The lowest BCUT2D eigenvalue weighted by molar-refractivity contribution is -0.120. The lowest BCUT2D eigenvalue weighted by atomic mass is 10.0. The number of carbonyl (C=O) groups excluding carboxylic acids is 2. The van der Waals surface area contributed by atoms with Crippen molar-refractivity contribution in [3.8, 4) is 11.5 Å². The van der Waals surface area contributed by atoms with Gasteiger partial charge >= 0.3 is 0 Å². The molecule has 0 unspecified atom stereocenters. The molecule has 0 atom stereocenters. The van der Waals surface area contributed by atoms with E-state index >= 15 is 0 Å². The zero-order valence-electron chi connectivity index (χ0n) is 18.5. The van der Waals surface area contributed by atoms with Gasteiger partial charge in [0, 0.05) is 5.02 Å². The molecule has 4 rings (SSSR count). The van der Waals surface area contributed by atoms with Gasteiger partial charge in [-0.15, -0.1) is 0 Å². The molecule has 168 valence electrons. The number of hydrogen-bond acceptors (Lipinski definition) is 5. The van der Waals surface area contributed by atoms with Crippen molar-refractivity contribution < 1.29 is 19.1 Å². The van der Waals surface area contributed by atoms with E-state index in [1.165, 1.54) is 7.11 Å². The van der Waals surface area contributed by atoms with Crippen molar-refractivity contribution in [1.82, 2.24) is 0 Å². The third kappa shape index (κ3) is 4.30. The standard InChI is InChI=1S/C26H23ClN2O4/c1-4-33-21-8-6-5-7-19(21)28-24-23(17-11-9-16(2)10-12-17)25(30)29(26(24)31)20-15-18(27)13-14-22(20)32-3/h5-15,28H,4H2,1-3H3. The predicted octanol–water partition coefficient (Wildman–Crippen LogP) is 5.45. The first-order valence-corrected chi connectivity index (χ1v) is 10.8. The summed E-state index contributed by atoms with van der Waals surface area (Å²) in [6.07, 6.45) is 0. The Bertz CT molecular complexity index is 1250. The highest BCUT2D eigenvalue weighted by Gasteiger charge is 2.41. The van der Waals surface area contributed by atoms with Crippen LogP contribution >= 0.6 is 11.6 Å². The monoisotopic (exact) mass is 462 g/mol. The Labute approximate surface area is 197 Å². The number of nitrogens with zero attached hydrogens (tertiary/aromatic N) is 1. The Morgan fingerprint density at radius 2 is 1.67 bits per heavy atom. The molecule has 1 aliphatic heterocycles. The van der Waals surface area contributed by atoms with Gasteiger partial charge in [-0.2, -0.15) is 0 Å². The number of amides is 2. The summed E-state index contributed by atoms with van der Waals surface area (Å²) in [5, 5.41) is 3.54. The fourth-order valence-electron chi connectivity index (χ4n) is 3.68. The first kappa shape index (κ1) is 22.4. The molecule has 2 amide bonds. The highest BCUT2D eigenvalue weighted by Crippen LogP contribution is 2.40. The molecule has 0 saturated heterocycles. The SMILES string of the molecule is CCOc1ccccc1NC1=C(c2ccc(C)cc2)C(=O)N(c2cc(Cl)ccc2OC)C1=O. The summed E-state index contributed by atoms with van der Waals surface area (Å²) in [5.41, 5.74) is 2.94. The summed E-state index contributed by atoms with van der Waals surface area (Å²) in [6.45, 7) is 4.30. The Kier molecular flexibility index (Phi) is 6.38. The maximum Gasteiger partial charge on any atom is 0.282 e. The van der Waals surface area contributed by atoms with Crippen molar-refractivity contribution in [2.45, 2.75) is 13.8 Å². The molecular formula is C26H23ClN2O4. The Morgan fingerprint density at radius 3 is 2.36 bits per heavy atom. The molecule has 0 radical (unpaired) electrons. The highest BCUT2D eigenvalue weighted by molar-refractivity contribution is 6.46. The van der Waals surface area contributed by atoms with Crippen molar-refractivity contribution in [2.75, 3.05) is 23.9 Å². The van der Waals surface area contributed by atoms with Crippen LogP contribution in [-0.4, -0.2) is 25.5 Å². The van der Waals surface area contributed by atoms with Gasteiger partial charge in [0.2, 0.25) is 0 Å². The van der Waals surface area contributed by atoms with E-state index in [0.717, 1.165) is 10.5 Å². The average Bonchev–Trinajstić information content (AvgIpc) is 3.05. The van der Waals surface area contributed by atoms with E-state index in [2.05, 4.69) is 5.32 Å². The van der Waals surface area contributed by atoms with Crippen LogP contribution in [0.25, 0.3) is 5.57 Å². The van der Waals surface area contributed by atoms with Crippen LogP contribution in [0.3, 0.4) is 0 Å². The number of ether oxygens (including phenoxy) is 2. The largest absolute Gasteiger partial charge is 0.495 e. The van der Waals surface area contributed by atoms with Crippen molar-refractivity contribution in [2.24, 2.45) is 0 Å². The van der Waals surface area contributed by atoms with Gasteiger partial charge in [-0.1, -0.05) is 53.6 Å². The summed E-state index contributed by atoms with van der Waals surface area (Å²) >= 11 is 6.19. The molecule has 0 spiro atoms. The number of benzene rings is 3. The molecule has 7 heteroatoms. The van der Waals surface area contributed by atoms with E-state index in [4.69, 9.17) is 21.1 Å². The molecule has 0 aliphatic carbocycles. The summed E-state index contributed by atoms with van der Waals surface area (Å²) < 4.78 is 11.1. The quantitative estimate of drug-likeness (QED) is 0.473. The lowest BCUT2D eigenvalue weighted by Crippen LogP contribution is -2.32. The van der Waals surface area contributed by atoms with Gasteiger partial charge in [0.25, 0.3) is 11.8 Å². The lowest BCUT2D eigenvalue weighted by Gasteiger charge is -2.19. The van der Waals surface area contributed by atoms with Gasteiger partial charge in [0.15, 0.2) is 0 Å². The molecule has 0 bridgehead atoms. The number of anilines is 2. The number of carbonyl (C=O) groups is 2. The summed E-state index contributed by atoms with van der Waals surface area (Å²) in [6, 6.07) is 19.5. The zero-order chi connectivity index (χ0) is 23.5. The molecule has 1 aliphatic rings. The van der Waals surface area contributed by atoms with E-state index in [1.807, 2.05) is 50.2 Å². The van der Waals surface area contributed by atoms with E-state index in [1.54, 1.807) is 30.3 Å². The van der Waals surface area contributed by atoms with E-state index < -0.39 is 11.8 Å². The molecule has 3 aromatic rings. The first-order valence-electron chi connectivity index (χ1n) is 10.5. The molecule has 0 aromatic heterocycles. The van der Waals surface area contributed by atoms with Gasteiger partial charge in [0.05, 0.1) is 30.7 Å². The molecule has 1 N–H and O–H groups in total. The van der Waals surface area contributed by atoms with Crippen LogP contribution in [0, 0.1) is 6.92 Å². The van der Waals surface area contributed by atoms with Gasteiger partial charge in [-0.05, 0) is 49.7 Å². The Morgan fingerprint density at radius 1 is 0.939 bits per heavy atom. The third-order valence-electron chi connectivity index (χ3n) is 5.25. The minimum absolute atomic E-state index is 0.151. The Balaban J connectivity index is 1.86. The van der Waals surface area contributed by atoms with Gasteiger partial charge in [0.1, 0.15) is 17.2 Å². The minimum Gasteiger partial charge on any atom is -0.495 e. The summed E-state index contributed by atoms with van der Waals surface area (Å²) in [5.74, 6) is -0.0432. The number of imide groups is 1. The van der Waals surface area contributed by atoms with Gasteiger partial charge in [-0.25, -0.2) is 4.90 Å². The second kappa shape index (κ2) is 9.38. The highest BCUT2D eigenvalue weighted by atomic mass is 35.5. The number of aryl methyl sites for hydroxylation is 1. The summed E-state index contributed by atoms with van der Waals surface area (Å²) in [4.78, 5) is 28.4. The zero-order valence-corrected chi connectivity index (χ0v) is 19.3. The van der Waals surface area contributed by atoms with Crippen LogP contribution in [-0.2, 0) is 9.59 Å². The summed E-state index contributed by atoms with van der Waals surface area (Å²) in [7, 11) is 1.48. The van der Waals surface area contributed by atoms with Crippen molar-refractivity contribution in [1.29, 1.82) is 0 Å². The number of para-hydroxylation sites is 2. The number of hydrogen-bond donors (Lipinski definition) is 1. The van der Waals surface area contributed by atoms with Gasteiger partial charge < -0.3 is 14.8 Å². The normalized spacial score (nSPS) is 13.5. The maximum absolute atomic E-state index is 13.7. The second-order valence-corrected chi connectivity index (χ2v) is 7.87. The Hall–Kier alpha value is -3.77.